The summed E-state index contributed by atoms with van der Waals surface area (Å²) in [6.45, 7) is 0.419. The number of halogens is 2. The first-order valence-electron chi connectivity index (χ1n) is 7.77. The molecule has 1 aromatic carbocycles. The predicted molar refractivity (Wildman–Crippen MR) is 101 cm³/mol. The zero-order valence-electron chi connectivity index (χ0n) is 13.9. The van der Waals surface area contributed by atoms with Crippen LogP contribution in [-0.4, -0.2) is 27.8 Å². The van der Waals surface area contributed by atoms with Crippen molar-refractivity contribution in [3.63, 3.8) is 0 Å². The lowest BCUT2D eigenvalue weighted by molar-refractivity contribution is 0.0781. The van der Waals surface area contributed by atoms with Crippen LogP contribution in [0.4, 0.5) is 0 Å². The van der Waals surface area contributed by atoms with Gasteiger partial charge in [-0.05, 0) is 42.0 Å². The smallest absolute Gasteiger partial charge is 0.259 e. The molecular formula is C19H15Cl2N3O2. The van der Waals surface area contributed by atoms with Crippen LogP contribution in [0.1, 0.15) is 15.9 Å². The molecule has 0 unspecified atom stereocenters. The zero-order chi connectivity index (χ0) is 18.5. The maximum absolute atomic E-state index is 12.8. The third-order valence-corrected chi connectivity index (χ3v) is 4.12. The minimum absolute atomic E-state index is 0.180. The number of rotatable bonds is 5. The molecule has 0 aliphatic carbocycles. The number of carbonyl (C=O) groups excluding carboxylic acids is 1. The molecule has 0 saturated heterocycles. The first kappa shape index (κ1) is 18.2. The van der Waals surface area contributed by atoms with E-state index in [4.69, 9.17) is 27.9 Å². The minimum atomic E-state index is -0.220. The number of nitrogens with zero attached hydrogens (tertiary/aromatic N) is 3. The summed E-state index contributed by atoms with van der Waals surface area (Å²) >= 11 is 12.0. The van der Waals surface area contributed by atoms with E-state index in [2.05, 4.69) is 9.97 Å². The molecule has 26 heavy (non-hydrogen) atoms. The van der Waals surface area contributed by atoms with Crippen LogP contribution in [0.3, 0.4) is 0 Å². The monoisotopic (exact) mass is 387 g/mol. The number of ether oxygens (including phenoxy) is 1. The molecule has 0 atom stereocenters. The molecule has 0 fully saturated rings. The van der Waals surface area contributed by atoms with Crippen molar-refractivity contribution in [3.05, 3.63) is 82.2 Å². The van der Waals surface area contributed by atoms with E-state index in [0.29, 0.717) is 27.9 Å². The standard InChI is InChI=1S/C19H15Cl2N3O2/c1-24(12-13-4-2-8-22-11-13)19(25)15-5-3-9-23-18(15)26-17-7-6-14(20)10-16(17)21/h2-11H,12H2,1H3. The molecule has 0 N–H and O–H groups in total. The van der Waals surface area contributed by atoms with Crippen LogP contribution < -0.4 is 4.74 Å². The zero-order valence-corrected chi connectivity index (χ0v) is 15.4. The molecule has 0 spiro atoms. The van der Waals surface area contributed by atoms with Crippen molar-refractivity contribution < 1.29 is 9.53 Å². The number of benzene rings is 1. The minimum Gasteiger partial charge on any atom is -0.437 e. The van der Waals surface area contributed by atoms with Gasteiger partial charge in [0.05, 0.1) is 5.02 Å². The summed E-state index contributed by atoms with van der Waals surface area (Å²) in [5, 5.41) is 0.834. The largest absolute Gasteiger partial charge is 0.437 e. The van der Waals surface area contributed by atoms with Gasteiger partial charge in [-0.1, -0.05) is 29.3 Å². The molecule has 7 heteroatoms. The number of hydrogen-bond acceptors (Lipinski definition) is 4. The molecule has 1 amide bonds. The van der Waals surface area contributed by atoms with Crippen LogP contribution in [0, 0.1) is 0 Å². The lowest BCUT2D eigenvalue weighted by atomic mass is 10.2. The number of aromatic nitrogens is 2. The van der Waals surface area contributed by atoms with E-state index in [9.17, 15) is 4.79 Å². The molecule has 2 heterocycles. The fourth-order valence-electron chi connectivity index (χ4n) is 2.34. The summed E-state index contributed by atoms with van der Waals surface area (Å²) < 4.78 is 5.76. The Morgan fingerprint density at radius 2 is 1.96 bits per heavy atom. The molecule has 0 aliphatic heterocycles. The van der Waals surface area contributed by atoms with Gasteiger partial charge < -0.3 is 9.64 Å². The van der Waals surface area contributed by atoms with Gasteiger partial charge in [-0.2, -0.15) is 0 Å². The molecule has 132 valence electrons. The highest BCUT2D eigenvalue weighted by Crippen LogP contribution is 2.32. The molecule has 0 bridgehead atoms. The van der Waals surface area contributed by atoms with Crippen LogP contribution in [0.15, 0.2) is 61.1 Å². The van der Waals surface area contributed by atoms with Crippen LogP contribution in [0.25, 0.3) is 0 Å². The van der Waals surface area contributed by atoms with Crippen LogP contribution in [0.2, 0.25) is 10.0 Å². The van der Waals surface area contributed by atoms with Gasteiger partial charge >= 0.3 is 0 Å². The van der Waals surface area contributed by atoms with Crippen molar-refractivity contribution in [1.82, 2.24) is 14.9 Å². The average Bonchev–Trinajstić information content (AvgIpc) is 2.64. The predicted octanol–water partition coefficient (Wildman–Crippen LogP) is 4.85. The second-order valence-corrected chi connectivity index (χ2v) is 6.40. The Morgan fingerprint density at radius 3 is 2.69 bits per heavy atom. The Labute approximate surface area is 161 Å². The Bertz CT molecular complexity index is 920. The van der Waals surface area contributed by atoms with E-state index in [1.54, 1.807) is 60.9 Å². The van der Waals surface area contributed by atoms with Gasteiger partial charge in [0.25, 0.3) is 5.91 Å². The summed E-state index contributed by atoms with van der Waals surface area (Å²) in [6.07, 6.45) is 4.96. The molecular weight excluding hydrogens is 373 g/mol. The van der Waals surface area contributed by atoms with Gasteiger partial charge in [-0.3, -0.25) is 9.78 Å². The van der Waals surface area contributed by atoms with Gasteiger partial charge in [0.1, 0.15) is 11.3 Å². The Balaban J connectivity index is 1.83. The highest BCUT2D eigenvalue weighted by atomic mass is 35.5. The normalized spacial score (nSPS) is 10.4. The summed E-state index contributed by atoms with van der Waals surface area (Å²) in [5.74, 6) is 0.334. The fraction of sp³-hybridized carbons (Fsp3) is 0.105. The molecule has 0 radical (unpaired) electrons. The number of amides is 1. The van der Waals surface area contributed by atoms with Gasteiger partial charge in [-0.15, -0.1) is 0 Å². The van der Waals surface area contributed by atoms with E-state index >= 15 is 0 Å². The maximum Gasteiger partial charge on any atom is 0.259 e. The molecule has 0 saturated carbocycles. The van der Waals surface area contributed by atoms with E-state index in [1.807, 2.05) is 12.1 Å². The van der Waals surface area contributed by atoms with E-state index in [-0.39, 0.29) is 11.8 Å². The quantitative estimate of drug-likeness (QED) is 0.627. The molecule has 3 aromatic rings. The highest BCUT2D eigenvalue weighted by Gasteiger charge is 2.19. The summed E-state index contributed by atoms with van der Waals surface area (Å²) in [4.78, 5) is 22.6. The van der Waals surface area contributed by atoms with Crippen molar-refractivity contribution in [1.29, 1.82) is 0 Å². The van der Waals surface area contributed by atoms with Gasteiger partial charge in [0.2, 0.25) is 5.88 Å². The van der Waals surface area contributed by atoms with E-state index < -0.39 is 0 Å². The van der Waals surface area contributed by atoms with Crippen LogP contribution >= 0.6 is 23.2 Å². The van der Waals surface area contributed by atoms with Gasteiger partial charge in [-0.25, -0.2) is 4.98 Å². The van der Waals surface area contributed by atoms with Crippen molar-refractivity contribution in [2.45, 2.75) is 6.54 Å². The number of pyridine rings is 2. The van der Waals surface area contributed by atoms with Crippen molar-refractivity contribution >= 4 is 29.1 Å². The lowest BCUT2D eigenvalue weighted by Gasteiger charge is -2.18. The summed E-state index contributed by atoms with van der Waals surface area (Å²) in [7, 11) is 1.71. The average molecular weight is 388 g/mol. The van der Waals surface area contributed by atoms with E-state index in [1.165, 1.54) is 0 Å². The topological polar surface area (TPSA) is 55.3 Å². The van der Waals surface area contributed by atoms with E-state index in [0.717, 1.165) is 5.56 Å². The Hall–Kier alpha value is -2.63. The summed E-state index contributed by atoms with van der Waals surface area (Å²) in [5.41, 5.74) is 1.26. The Morgan fingerprint density at radius 1 is 1.15 bits per heavy atom. The first-order valence-corrected chi connectivity index (χ1v) is 8.52. The maximum atomic E-state index is 12.8. The number of carbonyl (C=O) groups is 1. The molecule has 2 aromatic heterocycles. The fourth-order valence-corrected chi connectivity index (χ4v) is 2.79. The second kappa shape index (κ2) is 8.17. The second-order valence-electron chi connectivity index (χ2n) is 5.56. The molecule has 0 aliphatic rings. The van der Waals surface area contributed by atoms with Crippen molar-refractivity contribution in [2.24, 2.45) is 0 Å². The summed E-state index contributed by atoms with van der Waals surface area (Å²) in [6, 6.07) is 11.9. The molecule has 5 nitrogen and oxygen atoms in total. The number of hydrogen-bond donors (Lipinski definition) is 0. The SMILES string of the molecule is CN(Cc1cccnc1)C(=O)c1cccnc1Oc1ccc(Cl)cc1Cl. The van der Waals surface area contributed by atoms with Crippen molar-refractivity contribution in [2.75, 3.05) is 7.05 Å². The molecule has 3 rings (SSSR count). The van der Waals surface area contributed by atoms with Gasteiger partial charge in [0, 0.05) is 37.2 Å². The third kappa shape index (κ3) is 4.31. The Kier molecular flexibility index (Phi) is 5.71. The van der Waals surface area contributed by atoms with Crippen LogP contribution in [-0.2, 0) is 6.54 Å². The van der Waals surface area contributed by atoms with Gasteiger partial charge in [0.15, 0.2) is 0 Å². The lowest BCUT2D eigenvalue weighted by Crippen LogP contribution is -2.26. The van der Waals surface area contributed by atoms with Crippen LogP contribution in [0.5, 0.6) is 11.6 Å². The first-order chi connectivity index (χ1) is 12.5. The highest BCUT2D eigenvalue weighted by molar-refractivity contribution is 6.35. The van der Waals surface area contributed by atoms with Crippen molar-refractivity contribution in [3.8, 4) is 11.6 Å². The third-order valence-electron chi connectivity index (χ3n) is 3.59.